The van der Waals surface area contributed by atoms with Gasteiger partial charge in [0.1, 0.15) is 0 Å². The molecule has 0 aliphatic carbocycles. The van der Waals surface area contributed by atoms with E-state index in [0.717, 1.165) is 23.4 Å². The van der Waals surface area contributed by atoms with E-state index >= 15 is 0 Å². The van der Waals surface area contributed by atoms with E-state index in [1.807, 2.05) is 53.5 Å². The van der Waals surface area contributed by atoms with Gasteiger partial charge in [0.15, 0.2) is 5.96 Å². The predicted molar refractivity (Wildman–Crippen MR) is 119 cm³/mol. The van der Waals surface area contributed by atoms with Crippen LogP contribution in [0.15, 0.2) is 65.9 Å². The summed E-state index contributed by atoms with van der Waals surface area (Å²) in [5.41, 5.74) is 11.6. The molecular weight excluding hydrogens is 437 g/mol. The number of benzene rings is 2. The fourth-order valence-electron chi connectivity index (χ4n) is 2.52. The van der Waals surface area contributed by atoms with E-state index < -0.39 is 0 Å². The number of anilines is 1. The van der Waals surface area contributed by atoms with Crippen molar-refractivity contribution in [3.63, 3.8) is 0 Å². The monoisotopic (exact) mass is 461 g/mol. The van der Waals surface area contributed by atoms with Crippen LogP contribution in [0.3, 0.4) is 0 Å². The van der Waals surface area contributed by atoms with E-state index in [2.05, 4.69) is 41.4 Å². The van der Waals surface area contributed by atoms with Crippen LogP contribution in [0.5, 0.6) is 0 Å². The molecule has 0 unspecified atom stereocenters. The highest BCUT2D eigenvalue weighted by Crippen LogP contribution is 2.13. The Kier molecular flexibility index (Phi) is 7.20. The number of nitrogens with one attached hydrogen (secondary N) is 1. The highest BCUT2D eigenvalue weighted by molar-refractivity contribution is 14.0. The van der Waals surface area contributed by atoms with Gasteiger partial charge in [0, 0.05) is 18.4 Å². The van der Waals surface area contributed by atoms with E-state index in [0.29, 0.717) is 12.5 Å². The lowest BCUT2D eigenvalue weighted by atomic mass is 10.1. The molecule has 0 saturated heterocycles. The lowest BCUT2D eigenvalue weighted by molar-refractivity contribution is 0.879. The summed E-state index contributed by atoms with van der Waals surface area (Å²) in [6.07, 6.45) is 4.69. The molecule has 0 radical (unpaired) electrons. The summed E-state index contributed by atoms with van der Waals surface area (Å²) in [5, 5.41) is 7.53. The van der Waals surface area contributed by atoms with Crippen LogP contribution in [0.4, 0.5) is 5.69 Å². The third-order valence-corrected chi connectivity index (χ3v) is 4.12. The summed E-state index contributed by atoms with van der Waals surface area (Å²) >= 11 is 0. The molecule has 0 bridgehead atoms. The molecule has 3 N–H and O–H groups in total. The highest BCUT2D eigenvalue weighted by atomic mass is 127. The van der Waals surface area contributed by atoms with Crippen LogP contribution in [0.25, 0.3) is 5.69 Å². The molecule has 0 saturated carbocycles. The van der Waals surface area contributed by atoms with Crippen LogP contribution in [0.1, 0.15) is 16.7 Å². The van der Waals surface area contributed by atoms with Crippen LogP contribution in [0, 0.1) is 13.8 Å². The number of aryl methyl sites for hydroxylation is 2. The molecule has 26 heavy (non-hydrogen) atoms. The second-order valence-electron chi connectivity index (χ2n) is 6.07. The van der Waals surface area contributed by atoms with Gasteiger partial charge in [-0.25, -0.2) is 4.68 Å². The van der Waals surface area contributed by atoms with Gasteiger partial charge >= 0.3 is 0 Å². The highest BCUT2D eigenvalue weighted by Gasteiger charge is 2.01. The molecule has 0 aliphatic heterocycles. The SMILES string of the molecule is Cc1ccc(NC(N)=NCCc2cnn(-c3ccccc3)c2)cc1C.I. The molecule has 0 fully saturated rings. The van der Waals surface area contributed by atoms with Gasteiger partial charge in [0.05, 0.1) is 11.9 Å². The van der Waals surface area contributed by atoms with Gasteiger partial charge < -0.3 is 11.1 Å². The zero-order valence-corrected chi connectivity index (χ0v) is 17.3. The fraction of sp³-hybridized carbons (Fsp3) is 0.200. The Morgan fingerprint density at radius 3 is 2.62 bits per heavy atom. The number of para-hydroxylation sites is 1. The molecule has 0 aliphatic rings. The van der Waals surface area contributed by atoms with Gasteiger partial charge in [-0.2, -0.15) is 5.10 Å². The molecule has 3 aromatic rings. The summed E-state index contributed by atoms with van der Waals surface area (Å²) < 4.78 is 1.87. The minimum absolute atomic E-state index is 0. The van der Waals surface area contributed by atoms with Crippen molar-refractivity contribution in [2.45, 2.75) is 20.3 Å². The second-order valence-corrected chi connectivity index (χ2v) is 6.07. The summed E-state index contributed by atoms with van der Waals surface area (Å²) in [7, 11) is 0. The van der Waals surface area contributed by atoms with Crippen molar-refractivity contribution in [2.24, 2.45) is 10.7 Å². The van der Waals surface area contributed by atoms with Crippen LogP contribution >= 0.6 is 24.0 Å². The standard InChI is InChI=1S/C20H23N5.HI/c1-15-8-9-18(12-16(15)2)24-20(21)22-11-10-17-13-23-25(14-17)19-6-4-3-5-7-19;/h3-9,12-14H,10-11H2,1-2H3,(H3,21,22,24);1H. The van der Waals surface area contributed by atoms with Crippen molar-refractivity contribution in [3.05, 3.63) is 77.6 Å². The molecule has 5 nitrogen and oxygen atoms in total. The number of aromatic nitrogens is 2. The lowest BCUT2D eigenvalue weighted by Crippen LogP contribution is -2.23. The molecule has 3 rings (SSSR count). The number of aliphatic imine (C=N–C) groups is 1. The molecule has 1 aromatic heterocycles. The Labute approximate surface area is 171 Å². The Morgan fingerprint density at radius 2 is 1.88 bits per heavy atom. The number of rotatable bonds is 5. The van der Waals surface area contributed by atoms with Gasteiger partial charge in [-0.3, -0.25) is 4.99 Å². The Bertz CT molecular complexity index is 871. The first-order valence-electron chi connectivity index (χ1n) is 8.35. The molecular formula is C20H24IN5. The number of hydrogen-bond donors (Lipinski definition) is 2. The number of nitrogens with zero attached hydrogens (tertiary/aromatic N) is 3. The second kappa shape index (κ2) is 9.38. The number of halogens is 1. The minimum Gasteiger partial charge on any atom is -0.370 e. The van der Waals surface area contributed by atoms with Gasteiger partial charge in [-0.05, 0) is 61.2 Å². The van der Waals surface area contributed by atoms with E-state index in [9.17, 15) is 0 Å². The summed E-state index contributed by atoms with van der Waals surface area (Å²) in [4.78, 5) is 4.40. The Balaban J connectivity index is 0.00000243. The number of nitrogens with two attached hydrogens (primary N) is 1. The van der Waals surface area contributed by atoms with Crippen molar-refractivity contribution >= 4 is 35.6 Å². The Hall–Kier alpha value is -2.35. The summed E-state index contributed by atoms with van der Waals surface area (Å²) in [6.45, 7) is 4.79. The molecule has 1 heterocycles. The molecule has 136 valence electrons. The number of guanidine groups is 1. The van der Waals surface area contributed by atoms with E-state index in [1.165, 1.54) is 11.1 Å². The smallest absolute Gasteiger partial charge is 0.193 e. The Morgan fingerprint density at radius 1 is 1.12 bits per heavy atom. The van der Waals surface area contributed by atoms with E-state index in [-0.39, 0.29) is 24.0 Å². The first-order chi connectivity index (χ1) is 12.1. The van der Waals surface area contributed by atoms with Gasteiger partial charge in [0.25, 0.3) is 0 Å². The first-order valence-corrected chi connectivity index (χ1v) is 8.35. The topological polar surface area (TPSA) is 68.2 Å². The van der Waals surface area contributed by atoms with Crippen molar-refractivity contribution in [3.8, 4) is 5.69 Å². The van der Waals surface area contributed by atoms with Gasteiger partial charge in [0.2, 0.25) is 0 Å². The van der Waals surface area contributed by atoms with Gasteiger partial charge in [-0.15, -0.1) is 24.0 Å². The summed E-state index contributed by atoms with van der Waals surface area (Å²) in [5.74, 6) is 0.429. The van der Waals surface area contributed by atoms with Crippen LogP contribution in [0.2, 0.25) is 0 Å². The van der Waals surface area contributed by atoms with Crippen LogP contribution in [-0.2, 0) is 6.42 Å². The minimum atomic E-state index is 0. The maximum atomic E-state index is 5.97. The quantitative estimate of drug-likeness (QED) is 0.342. The van der Waals surface area contributed by atoms with Crippen molar-refractivity contribution in [1.82, 2.24) is 9.78 Å². The molecule has 0 spiro atoms. The zero-order chi connectivity index (χ0) is 17.6. The van der Waals surface area contributed by atoms with Crippen LogP contribution < -0.4 is 11.1 Å². The third kappa shape index (κ3) is 5.32. The van der Waals surface area contributed by atoms with E-state index in [4.69, 9.17) is 5.73 Å². The van der Waals surface area contributed by atoms with Gasteiger partial charge in [-0.1, -0.05) is 24.3 Å². The van der Waals surface area contributed by atoms with E-state index in [1.54, 1.807) is 0 Å². The molecule has 6 heteroatoms. The normalized spacial score (nSPS) is 11.1. The maximum absolute atomic E-state index is 5.97. The molecule has 2 aromatic carbocycles. The predicted octanol–water partition coefficient (Wildman–Crippen LogP) is 4.08. The fourth-order valence-corrected chi connectivity index (χ4v) is 2.52. The average Bonchev–Trinajstić information content (AvgIpc) is 3.08. The third-order valence-electron chi connectivity index (χ3n) is 4.12. The number of hydrogen-bond acceptors (Lipinski definition) is 2. The van der Waals surface area contributed by atoms with Crippen molar-refractivity contribution in [2.75, 3.05) is 11.9 Å². The lowest BCUT2D eigenvalue weighted by Gasteiger charge is -2.08. The van der Waals surface area contributed by atoms with Crippen molar-refractivity contribution < 1.29 is 0 Å². The zero-order valence-electron chi connectivity index (χ0n) is 15.0. The largest absolute Gasteiger partial charge is 0.370 e. The van der Waals surface area contributed by atoms with Crippen LogP contribution in [-0.4, -0.2) is 22.3 Å². The maximum Gasteiger partial charge on any atom is 0.193 e. The molecule has 0 atom stereocenters. The first kappa shape index (κ1) is 20.0. The van der Waals surface area contributed by atoms with Crippen molar-refractivity contribution in [1.29, 1.82) is 0 Å². The summed E-state index contributed by atoms with van der Waals surface area (Å²) in [6, 6.07) is 16.2. The molecule has 0 amide bonds. The average molecular weight is 461 g/mol.